The standard InChI is InChI=1S/C13H23N3O4/c1-3-11(12(18)19)9-14-13(20)16-6-4-5-15(7-8-16)10(2)17/h11H,3-9H2,1-2H3,(H,14,20)(H,18,19). The smallest absolute Gasteiger partial charge is 0.317 e. The predicted molar refractivity (Wildman–Crippen MR) is 73.3 cm³/mol. The third-order valence-electron chi connectivity index (χ3n) is 3.57. The largest absolute Gasteiger partial charge is 0.481 e. The van der Waals surface area contributed by atoms with E-state index in [0.717, 1.165) is 6.42 Å². The average molecular weight is 285 g/mol. The maximum Gasteiger partial charge on any atom is 0.317 e. The van der Waals surface area contributed by atoms with E-state index < -0.39 is 11.9 Å². The van der Waals surface area contributed by atoms with E-state index in [2.05, 4.69) is 5.32 Å². The highest BCUT2D eigenvalue weighted by Crippen LogP contribution is 2.05. The molecule has 2 N–H and O–H groups in total. The van der Waals surface area contributed by atoms with Gasteiger partial charge in [0.05, 0.1) is 5.92 Å². The summed E-state index contributed by atoms with van der Waals surface area (Å²) < 4.78 is 0. The molecule has 20 heavy (non-hydrogen) atoms. The van der Waals surface area contributed by atoms with Crippen molar-refractivity contribution in [2.45, 2.75) is 26.7 Å². The average Bonchev–Trinajstić information content (AvgIpc) is 2.64. The van der Waals surface area contributed by atoms with Crippen molar-refractivity contribution >= 4 is 17.9 Å². The number of carbonyl (C=O) groups is 3. The summed E-state index contributed by atoms with van der Waals surface area (Å²) in [5.74, 6) is -1.43. The molecule has 1 atom stereocenters. The first kappa shape index (κ1) is 16.3. The second kappa shape index (κ2) is 7.72. The van der Waals surface area contributed by atoms with Crippen molar-refractivity contribution in [3.63, 3.8) is 0 Å². The van der Waals surface area contributed by atoms with Crippen LogP contribution in [0.4, 0.5) is 4.79 Å². The molecule has 1 aliphatic heterocycles. The zero-order valence-corrected chi connectivity index (χ0v) is 12.1. The molecule has 1 unspecified atom stereocenters. The number of carbonyl (C=O) groups excluding carboxylic acids is 2. The second-order valence-electron chi connectivity index (χ2n) is 4.98. The van der Waals surface area contributed by atoms with Crippen LogP contribution in [0, 0.1) is 5.92 Å². The predicted octanol–water partition coefficient (Wildman–Crippen LogP) is 0.361. The summed E-state index contributed by atoms with van der Waals surface area (Å²) in [4.78, 5) is 37.5. The van der Waals surface area contributed by atoms with Gasteiger partial charge in [-0.25, -0.2) is 4.79 Å². The van der Waals surface area contributed by atoms with Crippen molar-refractivity contribution in [3.8, 4) is 0 Å². The Kier molecular flexibility index (Phi) is 6.27. The number of nitrogens with one attached hydrogen (secondary N) is 1. The molecule has 0 radical (unpaired) electrons. The lowest BCUT2D eigenvalue weighted by Gasteiger charge is -2.22. The fraction of sp³-hybridized carbons (Fsp3) is 0.769. The van der Waals surface area contributed by atoms with Crippen molar-refractivity contribution in [1.82, 2.24) is 15.1 Å². The lowest BCUT2D eigenvalue weighted by Crippen LogP contribution is -2.44. The minimum absolute atomic E-state index is 0.0178. The minimum Gasteiger partial charge on any atom is -0.481 e. The molecule has 0 aromatic carbocycles. The summed E-state index contributed by atoms with van der Waals surface area (Å²) in [7, 11) is 0. The van der Waals surface area contributed by atoms with E-state index in [-0.39, 0.29) is 18.5 Å². The van der Waals surface area contributed by atoms with Gasteiger partial charge in [-0.15, -0.1) is 0 Å². The highest BCUT2D eigenvalue weighted by atomic mass is 16.4. The molecule has 0 saturated carbocycles. The van der Waals surface area contributed by atoms with E-state index in [1.165, 1.54) is 6.92 Å². The van der Waals surface area contributed by atoms with E-state index in [1.807, 2.05) is 0 Å². The Bertz CT molecular complexity index is 373. The zero-order valence-electron chi connectivity index (χ0n) is 12.1. The van der Waals surface area contributed by atoms with Crippen LogP contribution in [0.15, 0.2) is 0 Å². The van der Waals surface area contributed by atoms with Crippen molar-refractivity contribution < 1.29 is 19.5 Å². The summed E-state index contributed by atoms with van der Waals surface area (Å²) in [5.41, 5.74) is 0. The highest BCUT2D eigenvalue weighted by molar-refractivity contribution is 5.76. The molecule has 1 aliphatic rings. The maximum atomic E-state index is 12.0. The van der Waals surface area contributed by atoms with Crippen molar-refractivity contribution in [2.24, 2.45) is 5.92 Å². The number of urea groups is 1. The van der Waals surface area contributed by atoms with E-state index in [9.17, 15) is 14.4 Å². The van der Waals surface area contributed by atoms with Crippen LogP contribution in [0.3, 0.4) is 0 Å². The SMILES string of the molecule is CCC(CNC(=O)N1CCCN(C(C)=O)CC1)C(=O)O. The molecule has 1 saturated heterocycles. The van der Waals surface area contributed by atoms with Gasteiger partial charge in [0.15, 0.2) is 0 Å². The van der Waals surface area contributed by atoms with Gasteiger partial charge in [0.2, 0.25) is 5.91 Å². The third kappa shape index (κ3) is 4.71. The van der Waals surface area contributed by atoms with Crippen LogP contribution in [0.25, 0.3) is 0 Å². The van der Waals surface area contributed by atoms with Crippen LogP contribution in [0.5, 0.6) is 0 Å². The van der Waals surface area contributed by atoms with Gasteiger partial charge in [-0.3, -0.25) is 9.59 Å². The Morgan fingerprint density at radius 1 is 1.15 bits per heavy atom. The highest BCUT2D eigenvalue weighted by Gasteiger charge is 2.22. The molecule has 0 spiro atoms. The Hall–Kier alpha value is -1.79. The van der Waals surface area contributed by atoms with Crippen LogP contribution < -0.4 is 5.32 Å². The first-order valence-electron chi connectivity index (χ1n) is 6.96. The number of hydrogen-bond donors (Lipinski definition) is 2. The van der Waals surface area contributed by atoms with E-state index >= 15 is 0 Å². The number of hydrogen-bond acceptors (Lipinski definition) is 3. The van der Waals surface area contributed by atoms with Gasteiger partial charge in [-0.2, -0.15) is 0 Å². The van der Waals surface area contributed by atoms with Gasteiger partial charge < -0.3 is 20.2 Å². The lowest BCUT2D eigenvalue weighted by atomic mass is 10.1. The van der Waals surface area contributed by atoms with Crippen LogP contribution in [-0.2, 0) is 9.59 Å². The minimum atomic E-state index is -0.897. The number of aliphatic carboxylic acids is 1. The molecule has 0 aromatic rings. The quantitative estimate of drug-likeness (QED) is 0.780. The van der Waals surface area contributed by atoms with Gasteiger partial charge in [-0.05, 0) is 12.8 Å². The molecule has 1 rings (SSSR count). The molecule has 114 valence electrons. The first-order chi connectivity index (χ1) is 9.45. The monoisotopic (exact) mass is 285 g/mol. The summed E-state index contributed by atoms with van der Waals surface area (Å²) in [6, 6.07) is -0.255. The molecule has 1 heterocycles. The lowest BCUT2D eigenvalue weighted by molar-refractivity contribution is -0.141. The Balaban J connectivity index is 2.43. The second-order valence-corrected chi connectivity index (χ2v) is 4.98. The fourth-order valence-corrected chi connectivity index (χ4v) is 2.16. The van der Waals surface area contributed by atoms with E-state index in [4.69, 9.17) is 5.11 Å². The molecule has 3 amide bonds. The molecular formula is C13H23N3O4. The topological polar surface area (TPSA) is 90.0 Å². The summed E-state index contributed by atoms with van der Waals surface area (Å²) in [6.07, 6.45) is 1.22. The van der Waals surface area contributed by atoms with Crippen molar-refractivity contribution in [1.29, 1.82) is 0 Å². The molecular weight excluding hydrogens is 262 g/mol. The van der Waals surface area contributed by atoms with Crippen LogP contribution >= 0.6 is 0 Å². The van der Waals surface area contributed by atoms with Crippen molar-refractivity contribution in [3.05, 3.63) is 0 Å². The summed E-state index contributed by atoms with van der Waals surface area (Å²) in [6.45, 7) is 5.69. The van der Waals surface area contributed by atoms with E-state index in [1.54, 1.807) is 16.7 Å². The van der Waals surface area contributed by atoms with Crippen LogP contribution in [0.1, 0.15) is 26.7 Å². The Morgan fingerprint density at radius 3 is 2.30 bits per heavy atom. The Labute approximate surface area is 118 Å². The number of amides is 3. The van der Waals surface area contributed by atoms with Gasteiger partial charge in [0, 0.05) is 39.6 Å². The van der Waals surface area contributed by atoms with Crippen molar-refractivity contribution in [2.75, 3.05) is 32.7 Å². The molecule has 0 aliphatic carbocycles. The fourth-order valence-electron chi connectivity index (χ4n) is 2.16. The number of carboxylic acids is 1. The Morgan fingerprint density at radius 2 is 1.75 bits per heavy atom. The van der Waals surface area contributed by atoms with Crippen LogP contribution in [0.2, 0.25) is 0 Å². The van der Waals surface area contributed by atoms with Gasteiger partial charge >= 0.3 is 12.0 Å². The molecule has 7 nitrogen and oxygen atoms in total. The number of carboxylic acid groups (broad SMARTS) is 1. The maximum absolute atomic E-state index is 12.0. The normalized spacial score (nSPS) is 17.3. The first-order valence-corrected chi connectivity index (χ1v) is 6.96. The molecule has 7 heteroatoms. The van der Waals surface area contributed by atoms with E-state index in [0.29, 0.717) is 32.6 Å². The van der Waals surface area contributed by atoms with Gasteiger partial charge in [0.25, 0.3) is 0 Å². The molecule has 1 fully saturated rings. The summed E-state index contributed by atoms with van der Waals surface area (Å²) >= 11 is 0. The third-order valence-corrected chi connectivity index (χ3v) is 3.57. The van der Waals surface area contributed by atoms with Gasteiger partial charge in [-0.1, -0.05) is 6.92 Å². The summed E-state index contributed by atoms with van der Waals surface area (Å²) in [5, 5.41) is 11.6. The molecule has 0 bridgehead atoms. The number of rotatable bonds is 4. The number of nitrogens with zero attached hydrogens (tertiary/aromatic N) is 2. The van der Waals surface area contributed by atoms with Gasteiger partial charge in [0.1, 0.15) is 0 Å². The molecule has 0 aromatic heterocycles. The zero-order chi connectivity index (χ0) is 15.1. The van der Waals surface area contributed by atoms with Crippen LogP contribution in [-0.4, -0.2) is 65.5 Å².